The molecule has 1 fully saturated rings. The van der Waals surface area contributed by atoms with Crippen molar-refractivity contribution in [3.8, 4) is 0 Å². The van der Waals surface area contributed by atoms with Crippen LogP contribution < -0.4 is 15.5 Å². The highest BCUT2D eigenvalue weighted by molar-refractivity contribution is 5.97. The topological polar surface area (TPSA) is 112 Å². The molecule has 0 radical (unpaired) electrons. The van der Waals surface area contributed by atoms with Gasteiger partial charge in [0.25, 0.3) is 5.92 Å². The van der Waals surface area contributed by atoms with Crippen molar-refractivity contribution < 1.29 is 18.0 Å². The molecule has 3 N–H and O–H groups in total. The van der Waals surface area contributed by atoms with Crippen LogP contribution in [0.3, 0.4) is 0 Å². The molecule has 0 aromatic carbocycles. The number of carbonyl (C=O) groups is 1. The summed E-state index contributed by atoms with van der Waals surface area (Å²) in [6.45, 7) is 3.39. The molecule has 0 saturated carbocycles. The first kappa shape index (κ1) is 23.1. The Morgan fingerprint density at radius 3 is 2.80 bits per heavy atom. The van der Waals surface area contributed by atoms with Crippen LogP contribution in [-0.2, 0) is 17.6 Å². The molecule has 3 aromatic rings. The summed E-state index contributed by atoms with van der Waals surface area (Å²) >= 11 is 0. The van der Waals surface area contributed by atoms with Crippen molar-refractivity contribution in [1.29, 1.82) is 0 Å². The van der Waals surface area contributed by atoms with Gasteiger partial charge in [0.1, 0.15) is 11.9 Å². The van der Waals surface area contributed by atoms with E-state index >= 15 is 0 Å². The fraction of sp³-hybridized carbons (Fsp3) is 0.435. The summed E-state index contributed by atoms with van der Waals surface area (Å²) in [4.78, 5) is 26.8. The molecule has 184 valence electrons. The molecule has 5 rings (SSSR count). The molecule has 1 amide bonds. The van der Waals surface area contributed by atoms with E-state index in [4.69, 9.17) is 0 Å². The summed E-state index contributed by atoms with van der Waals surface area (Å²) < 4.78 is 42.1. The Morgan fingerprint density at radius 2 is 2.09 bits per heavy atom. The van der Waals surface area contributed by atoms with Gasteiger partial charge in [-0.25, -0.2) is 18.7 Å². The van der Waals surface area contributed by atoms with Gasteiger partial charge in [-0.05, 0) is 37.3 Å². The predicted molar refractivity (Wildman–Crippen MR) is 124 cm³/mol. The third-order valence-corrected chi connectivity index (χ3v) is 6.21. The maximum atomic E-state index is 14.5. The van der Waals surface area contributed by atoms with E-state index in [0.29, 0.717) is 18.1 Å². The van der Waals surface area contributed by atoms with E-state index in [-0.39, 0.29) is 17.6 Å². The number of aromatic amines is 1. The Balaban J connectivity index is 1.45. The predicted octanol–water partition coefficient (Wildman–Crippen LogP) is 3.94. The molecular weight excluding hydrogens is 461 g/mol. The van der Waals surface area contributed by atoms with Crippen LogP contribution in [0.4, 0.5) is 36.4 Å². The van der Waals surface area contributed by atoms with E-state index in [1.54, 1.807) is 0 Å². The number of fused-ring (bicyclic) bond motifs is 1. The lowest BCUT2D eigenvalue weighted by molar-refractivity contribution is -0.118. The number of anilines is 4. The molecule has 1 aliphatic carbocycles. The lowest BCUT2D eigenvalue weighted by Crippen LogP contribution is -2.41. The number of alkyl halides is 2. The first-order valence-corrected chi connectivity index (χ1v) is 11.5. The zero-order chi connectivity index (χ0) is 24.7. The summed E-state index contributed by atoms with van der Waals surface area (Å²) in [6.07, 6.45) is 2.77. The summed E-state index contributed by atoms with van der Waals surface area (Å²) in [6, 6.07) is 3.07. The van der Waals surface area contributed by atoms with E-state index in [0.717, 1.165) is 42.1 Å². The van der Waals surface area contributed by atoms with Crippen molar-refractivity contribution in [2.75, 3.05) is 22.1 Å². The number of aromatic nitrogens is 5. The van der Waals surface area contributed by atoms with E-state index in [9.17, 15) is 18.0 Å². The molecular formula is C23H25F3N8O. The number of rotatable bonds is 6. The molecule has 9 nitrogen and oxygen atoms in total. The lowest BCUT2D eigenvalue weighted by atomic mass is 10.1. The average Bonchev–Trinajstić information content (AvgIpc) is 3.53. The third kappa shape index (κ3) is 4.77. The van der Waals surface area contributed by atoms with Crippen molar-refractivity contribution in [2.24, 2.45) is 0 Å². The second-order valence-electron chi connectivity index (χ2n) is 9.20. The Labute approximate surface area is 199 Å². The molecule has 4 heterocycles. The summed E-state index contributed by atoms with van der Waals surface area (Å²) in [5, 5.41) is 13.0. The highest BCUT2D eigenvalue weighted by Gasteiger charge is 2.49. The van der Waals surface area contributed by atoms with Crippen molar-refractivity contribution in [2.45, 2.75) is 57.4 Å². The van der Waals surface area contributed by atoms with Gasteiger partial charge in [-0.3, -0.25) is 9.89 Å². The molecule has 0 bridgehead atoms. The van der Waals surface area contributed by atoms with E-state index in [1.807, 2.05) is 19.9 Å². The Hall–Kier alpha value is -3.70. The van der Waals surface area contributed by atoms with Crippen LogP contribution in [0.15, 0.2) is 24.4 Å². The maximum Gasteiger partial charge on any atom is 0.267 e. The van der Waals surface area contributed by atoms with Gasteiger partial charge < -0.3 is 15.5 Å². The number of nitrogens with one attached hydrogen (secondary N) is 3. The monoisotopic (exact) mass is 486 g/mol. The van der Waals surface area contributed by atoms with Gasteiger partial charge in [0.2, 0.25) is 17.8 Å². The van der Waals surface area contributed by atoms with Crippen LogP contribution in [0.2, 0.25) is 0 Å². The molecule has 1 unspecified atom stereocenters. The maximum absolute atomic E-state index is 14.5. The number of H-pyrrole nitrogens is 1. The number of amides is 1. The van der Waals surface area contributed by atoms with E-state index in [2.05, 4.69) is 35.8 Å². The number of nitrogens with zero attached hydrogens (tertiary/aromatic N) is 5. The smallest absolute Gasteiger partial charge is 0.267 e. The minimum Gasteiger partial charge on any atom is -0.323 e. The number of carbonyl (C=O) groups excluding carboxylic acids is 1. The largest absolute Gasteiger partial charge is 0.323 e. The number of hydrogen-bond donors (Lipinski definition) is 3. The van der Waals surface area contributed by atoms with Gasteiger partial charge >= 0.3 is 0 Å². The normalized spacial score (nSPS) is 18.7. The summed E-state index contributed by atoms with van der Waals surface area (Å²) in [7, 11) is 0. The molecule has 1 saturated heterocycles. The molecule has 1 atom stereocenters. The van der Waals surface area contributed by atoms with Gasteiger partial charge in [-0.2, -0.15) is 14.5 Å². The highest BCUT2D eigenvalue weighted by Crippen LogP contribution is 2.37. The van der Waals surface area contributed by atoms with Gasteiger partial charge in [-0.1, -0.05) is 13.8 Å². The van der Waals surface area contributed by atoms with Crippen LogP contribution in [0.25, 0.3) is 0 Å². The molecule has 35 heavy (non-hydrogen) atoms. The Bertz CT molecular complexity index is 1240. The van der Waals surface area contributed by atoms with Crippen molar-refractivity contribution >= 4 is 29.2 Å². The summed E-state index contributed by atoms with van der Waals surface area (Å²) in [5.41, 5.74) is 2.86. The average molecular weight is 487 g/mol. The van der Waals surface area contributed by atoms with Gasteiger partial charge in [0.15, 0.2) is 5.82 Å². The first-order valence-electron chi connectivity index (χ1n) is 11.5. The quantitative estimate of drug-likeness (QED) is 0.453. The van der Waals surface area contributed by atoms with Gasteiger partial charge in [-0.15, -0.1) is 0 Å². The van der Waals surface area contributed by atoms with Gasteiger partial charge in [0, 0.05) is 23.7 Å². The SMILES string of the molecule is CC(C)c1cc(Nc2nc(N3CC(F)(F)CC3C(=O)Nc3ccc(F)nc3)nc3c2CCC3)n[nH]1. The standard InChI is InChI=1S/C23H25F3N8O/c1-12(2)16-8-19(33-32-16)30-20-14-4-3-5-15(14)29-22(31-20)34-11-23(25,26)9-17(34)21(35)28-13-6-7-18(24)27-10-13/h6-8,10,12,17H,3-5,9,11H2,1-2H3,(H,28,35)(H2,29,30,31,32,33). The van der Waals surface area contributed by atoms with Crippen molar-refractivity contribution in [1.82, 2.24) is 25.1 Å². The van der Waals surface area contributed by atoms with Crippen molar-refractivity contribution in [3.05, 3.63) is 47.3 Å². The van der Waals surface area contributed by atoms with E-state index in [1.165, 1.54) is 11.0 Å². The zero-order valence-corrected chi connectivity index (χ0v) is 19.3. The zero-order valence-electron chi connectivity index (χ0n) is 19.3. The fourth-order valence-corrected chi connectivity index (χ4v) is 4.41. The number of hydrogen-bond acceptors (Lipinski definition) is 7. The lowest BCUT2D eigenvalue weighted by Gasteiger charge is -2.24. The van der Waals surface area contributed by atoms with Crippen LogP contribution in [-0.4, -0.2) is 49.6 Å². The Morgan fingerprint density at radius 1 is 1.26 bits per heavy atom. The second kappa shape index (κ2) is 8.82. The van der Waals surface area contributed by atoms with Crippen LogP contribution in [0, 0.1) is 5.95 Å². The van der Waals surface area contributed by atoms with Crippen molar-refractivity contribution in [3.63, 3.8) is 0 Å². The van der Waals surface area contributed by atoms with Crippen LogP contribution in [0.1, 0.15) is 49.6 Å². The first-order chi connectivity index (χ1) is 16.7. The minimum absolute atomic E-state index is 0.0577. The molecule has 3 aromatic heterocycles. The number of aryl methyl sites for hydroxylation is 1. The molecule has 1 aliphatic heterocycles. The fourth-order valence-electron chi connectivity index (χ4n) is 4.41. The summed E-state index contributed by atoms with van der Waals surface area (Å²) in [5.74, 6) is -3.09. The Kier molecular flexibility index (Phi) is 5.81. The minimum atomic E-state index is -3.10. The molecule has 2 aliphatic rings. The molecule has 12 heteroatoms. The van der Waals surface area contributed by atoms with E-state index < -0.39 is 36.8 Å². The highest BCUT2D eigenvalue weighted by atomic mass is 19.3. The third-order valence-electron chi connectivity index (χ3n) is 6.21. The van der Waals surface area contributed by atoms with Crippen LogP contribution in [0.5, 0.6) is 0 Å². The molecule has 0 spiro atoms. The second-order valence-corrected chi connectivity index (χ2v) is 9.20. The number of halogens is 3. The number of pyridine rings is 1. The van der Waals surface area contributed by atoms with Crippen LogP contribution >= 0.6 is 0 Å². The van der Waals surface area contributed by atoms with Gasteiger partial charge in [0.05, 0.1) is 24.1 Å².